The summed E-state index contributed by atoms with van der Waals surface area (Å²) in [6, 6.07) is 3.72. The average molecular weight is 205 g/mol. The van der Waals surface area contributed by atoms with Gasteiger partial charge >= 0.3 is 5.97 Å². The average Bonchev–Trinajstić information content (AvgIpc) is 2.62. The Morgan fingerprint density at radius 2 is 2.33 bits per heavy atom. The van der Waals surface area contributed by atoms with E-state index in [9.17, 15) is 4.79 Å². The highest BCUT2D eigenvalue weighted by atomic mass is 16.4. The highest BCUT2D eigenvalue weighted by Gasteiger charge is 2.03. The van der Waals surface area contributed by atoms with Crippen LogP contribution in [0.5, 0.6) is 0 Å². The summed E-state index contributed by atoms with van der Waals surface area (Å²) in [7, 11) is 0. The molecule has 5 nitrogen and oxygen atoms in total. The summed E-state index contributed by atoms with van der Waals surface area (Å²) in [6.45, 7) is 0.639. The van der Waals surface area contributed by atoms with Crippen molar-refractivity contribution in [2.45, 2.75) is 19.4 Å². The van der Waals surface area contributed by atoms with E-state index in [1.165, 1.54) is 0 Å². The molecule has 0 radical (unpaired) electrons. The Labute approximate surface area is 86.4 Å². The van der Waals surface area contributed by atoms with Crippen LogP contribution in [0.25, 0.3) is 11.2 Å². The zero-order chi connectivity index (χ0) is 10.7. The van der Waals surface area contributed by atoms with Crippen LogP contribution in [0.4, 0.5) is 0 Å². The summed E-state index contributed by atoms with van der Waals surface area (Å²) >= 11 is 0. The van der Waals surface area contributed by atoms with Gasteiger partial charge in [0.1, 0.15) is 5.52 Å². The summed E-state index contributed by atoms with van der Waals surface area (Å²) in [4.78, 5) is 18.7. The third-order valence-electron chi connectivity index (χ3n) is 2.16. The van der Waals surface area contributed by atoms with Gasteiger partial charge in [0.05, 0.1) is 6.33 Å². The van der Waals surface area contributed by atoms with Gasteiger partial charge in [-0.25, -0.2) is 9.97 Å². The molecular weight excluding hydrogens is 194 g/mol. The van der Waals surface area contributed by atoms with E-state index in [2.05, 4.69) is 9.97 Å². The van der Waals surface area contributed by atoms with Crippen LogP contribution in [0.3, 0.4) is 0 Å². The molecule has 0 aliphatic rings. The molecule has 0 bridgehead atoms. The van der Waals surface area contributed by atoms with E-state index in [0.29, 0.717) is 13.0 Å². The van der Waals surface area contributed by atoms with Crippen molar-refractivity contribution in [2.75, 3.05) is 0 Å². The minimum Gasteiger partial charge on any atom is -0.481 e. The molecule has 2 rings (SSSR count). The number of carboxylic acid groups (broad SMARTS) is 1. The molecule has 0 spiro atoms. The number of aryl methyl sites for hydroxylation is 1. The number of rotatable bonds is 4. The number of imidazole rings is 1. The molecule has 5 heteroatoms. The van der Waals surface area contributed by atoms with Crippen LogP contribution in [0.15, 0.2) is 24.7 Å². The van der Waals surface area contributed by atoms with E-state index in [0.717, 1.165) is 11.2 Å². The molecule has 1 N–H and O–H groups in total. The molecule has 0 saturated heterocycles. The van der Waals surface area contributed by atoms with E-state index < -0.39 is 5.97 Å². The number of hydrogen-bond donors (Lipinski definition) is 1. The van der Waals surface area contributed by atoms with Crippen molar-refractivity contribution in [2.24, 2.45) is 0 Å². The van der Waals surface area contributed by atoms with Gasteiger partial charge in [-0.2, -0.15) is 0 Å². The Hall–Kier alpha value is -1.91. The first-order chi connectivity index (χ1) is 7.27. The third kappa shape index (κ3) is 2.12. The molecule has 78 valence electrons. The lowest BCUT2D eigenvalue weighted by molar-refractivity contribution is -0.137. The predicted molar refractivity (Wildman–Crippen MR) is 54.4 cm³/mol. The van der Waals surface area contributed by atoms with Crippen molar-refractivity contribution < 1.29 is 9.90 Å². The SMILES string of the molecule is O=C(O)CCCn1cnc2cccnc21. The van der Waals surface area contributed by atoms with Crippen molar-refractivity contribution in [3.63, 3.8) is 0 Å². The zero-order valence-corrected chi connectivity index (χ0v) is 8.13. The van der Waals surface area contributed by atoms with Gasteiger partial charge in [0.25, 0.3) is 0 Å². The molecule has 0 amide bonds. The molecular formula is C10H11N3O2. The molecule has 2 aromatic rings. The number of carbonyl (C=O) groups is 1. The van der Waals surface area contributed by atoms with Crippen LogP contribution in [-0.4, -0.2) is 25.6 Å². The van der Waals surface area contributed by atoms with E-state index in [1.54, 1.807) is 12.5 Å². The Morgan fingerprint density at radius 3 is 3.13 bits per heavy atom. The van der Waals surface area contributed by atoms with Crippen LogP contribution in [-0.2, 0) is 11.3 Å². The minimum absolute atomic E-state index is 0.173. The molecule has 0 aromatic carbocycles. The maximum absolute atomic E-state index is 10.4. The normalized spacial score (nSPS) is 10.7. The van der Waals surface area contributed by atoms with E-state index in [-0.39, 0.29) is 6.42 Å². The van der Waals surface area contributed by atoms with Crippen molar-refractivity contribution in [1.29, 1.82) is 0 Å². The molecule has 0 atom stereocenters. The summed E-state index contributed by atoms with van der Waals surface area (Å²) < 4.78 is 1.87. The topological polar surface area (TPSA) is 68.0 Å². The van der Waals surface area contributed by atoms with Gasteiger partial charge < -0.3 is 9.67 Å². The van der Waals surface area contributed by atoms with Gasteiger partial charge in [-0.3, -0.25) is 4.79 Å². The van der Waals surface area contributed by atoms with Crippen LogP contribution in [0, 0.1) is 0 Å². The monoisotopic (exact) mass is 205 g/mol. The lowest BCUT2D eigenvalue weighted by Gasteiger charge is -2.00. The summed E-state index contributed by atoms with van der Waals surface area (Å²) in [5.74, 6) is -0.771. The summed E-state index contributed by atoms with van der Waals surface area (Å²) in [5.41, 5.74) is 1.65. The summed E-state index contributed by atoms with van der Waals surface area (Å²) in [6.07, 6.45) is 4.17. The highest BCUT2D eigenvalue weighted by molar-refractivity contribution is 5.70. The summed E-state index contributed by atoms with van der Waals surface area (Å²) in [5, 5.41) is 8.51. The van der Waals surface area contributed by atoms with Crippen LogP contribution < -0.4 is 0 Å². The largest absolute Gasteiger partial charge is 0.481 e. The fourth-order valence-electron chi connectivity index (χ4n) is 1.46. The molecule has 15 heavy (non-hydrogen) atoms. The van der Waals surface area contributed by atoms with Crippen molar-refractivity contribution in [3.05, 3.63) is 24.7 Å². The molecule has 0 fully saturated rings. The minimum atomic E-state index is -0.771. The number of pyridine rings is 1. The Kier molecular flexibility index (Phi) is 2.62. The number of aromatic nitrogens is 3. The van der Waals surface area contributed by atoms with Gasteiger partial charge in [0.15, 0.2) is 5.65 Å². The quantitative estimate of drug-likeness (QED) is 0.816. The zero-order valence-electron chi connectivity index (χ0n) is 8.13. The third-order valence-corrected chi connectivity index (χ3v) is 2.16. The van der Waals surface area contributed by atoms with Gasteiger partial charge in [-0.15, -0.1) is 0 Å². The van der Waals surface area contributed by atoms with Gasteiger partial charge in [-0.05, 0) is 18.6 Å². The maximum atomic E-state index is 10.4. The number of aliphatic carboxylic acids is 1. The van der Waals surface area contributed by atoms with E-state index in [4.69, 9.17) is 5.11 Å². The Morgan fingerprint density at radius 1 is 1.47 bits per heavy atom. The van der Waals surface area contributed by atoms with Crippen molar-refractivity contribution >= 4 is 17.1 Å². The van der Waals surface area contributed by atoms with Crippen LogP contribution in [0.2, 0.25) is 0 Å². The first-order valence-corrected chi connectivity index (χ1v) is 4.75. The van der Waals surface area contributed by atoms with Gasteiger partial charge in [0.2, 0.25) is 0 Å². The number of hydrogen-bond acceptors (Lipinski definition) is 3. The fourth-order valence-corrected chi connectivity index (χ4v) is 1.46. The second-order valence-electron chi connectivity index (χ2n) is 3.28. The maximum Gasteiger partial charge on any atom is 0.303 e. The molecule has 0 unspecified atom stereocenters. The van der Waals surface area contributed by atoms with Crippen molar-refractivity contribution in [3.8, 4) is 0 Å². The van der Waals surface area contributed by atoms with E-state index >= 15 is 0 Å². The number of carboxylic acids is 1. The first kappa shape index (κ1) is 9.64. The van der Waals surface area contributed by atoms with Crippen LogP contribution >= 0.6 is 0 Å². The number of fused-ring (bicyclic) bond motifs is 1. The van der Waals surface area contributed by atoms with Crippen molar-refractivity contribution in [1.82, 2.24) is 14.5 Å². The van der Waals surface area contributed by atoms with Crippen LogP contribution in [0.1, 0.15) is 12.8 Å². The second-order valence-corrected chi connectivity index (χ2v) is 3.28. The lowest BCUT2D eigenvalue weighted by atomic mass is 10.3. The van der Waals surface area contributed by atoms with Gasteiger partial charge in [0, 0.05) is 19.2 Å². The first-order valence-electron chi connectivity index (χ1n) is 4.75. The Bertz CT molecular complexity index is 478. The standard InChI is InChI=1S/C10H11N3O2/c14-9(15)4-2-6-13-7-12-8-3-1-5-11-10(8)13/h1,3,5,7H,2,4,6H2,(H,14,15). The molecule has 0 saturated carbocycles. The molecule has 2 heterocycles. The molecule has 2 aromatic heterocycles. The Balaban J connectivity index is 2.11. The molecule has 0 aliphatic carbocycles. The van der Waals surface area contributed by atoms with Gasteiger partial charge in [-0.1, -0.05) is 0 Å². The lowest BCUT2D eigenvalue weighted by Crippen LogP contribution is -2.01. The smallest absolute Gasteiger partial charge is 0.303 e. The predicted octanol–water partition coefficient (Wildman–Crippen LogP) is 1.30. The highest BCUT2D eigenvalue weighted by Crippen LogP contribution is 2.09. The fraction of sp³-hybridized carbons (Fsp3) is 0.300. The van der Waals surface area contributed by atoms with E-state index in [1.807, 2.05) is 16.7 Å². The molecule has 0 aliphatic heterocycles. The number of nitrogens with zero attached hydrogens (tertiary/aromatic N) is 3. The second kappa shape index (κ2) is 4.08.